The van der Waals surface area contributed by atoms with E-state index in [4.69, 9.17) is 16.3 Å². The summed E-state index contributed by atoms with van der Waals surface area (Å²) in [6.07, 6.45) is 3.64. The SMILES string of the molecule is Clc1ccc(COCCNCc2cccnc2)cc1. The van der Waals surface area contributed by atoms with E-state index in [-0.39, 0.29) is 0 Å². The number of hydrogen-bond donors (Lipinski definition) is 1. The molecule has 2 rings (SSSR count). The van der Waals surface area contributed by atoms with E-state index in [2.05, 4.69) is 16.4 Å². The Kier molecular flexibility index (Phi) is 5.82. The van der Waals surface area contributed by atoms with Gasteiger partial charge in [-0.05, 0) is 29.3 Å². The molecule has 3 nitrogen and oxygen atoms in total. The first-order valence-electron chi connectivity index (χ1n) is 6.26. The molecule has 1 aromatic carbocycles. The van der Waals surface area contributed by atoms with Gasteiger partial charge in [-0.2, -0.15) is 0 Å². The van der Waals surface area contributed by atoms with Gasteiger partial charge in [0.25, 0.3) is 0 Å². The predicted molar refractivity (Wildman–Crippen MR) is 77.1 cm³/mol. The van der Waals surface area contributed by atoms with Crippen LogP contribution in [0.5, 0.6) is 0 Å². The summed E-state index contributed by atoms with van der Waals surface area (Å²) in [6.45, 7) is 2.94. The Labute approximate surface area is 118 Å². The zero-order chi connectivity index (χ0) is 13.3. The maximum atomic E-state index is 5.82. The zero-order valence-electron chi connectivity index (χ0n) is 10.7. The molecule has 0 aliphatic heterocycles. The second-order valence-electron chi connectivity index (χ2n) is 4.22. The van der Waals surface area contributed by atoms with Crippen LogP contribution >= 0.6 is 11.6 Å². The van der Waals surface area contributed by atoms with Crippen LogP contribution in [0.1, 0.15) is 11.1 Å². The van der Waals surface area contributed by atoms with Crippen LogP contribution in [-0.4, -0.2) is 18.1 Å². The van der Waals surface area contributed by atoms with Crippen LogP contribution in [0.2, 0.25) is 5.02 Å². The van der Waals surface area contributed by atoms with Crippen molar-refractivity contribution in [2.45, 2.75) is 13.2 Å². The van der Waals surface area contributed by atoms with Gasteiger partial charge in [0.05, 0.1) is 13.2 Å². The molecule has 0 fully saturated rings. The highest BCUT2D eigenvalue weighted by molar-refractivity contribution is 6.30. The number of nitrogens with one attached hydrogen (secondary N) is 1. The van der Waals surface area contributed by atoms with Gasteiger partial charge in [-0.1, -0.05) is 29.8 Å². The fraction of sp³-hybridized carbons (Fsp3) is 0.267. The van der Waals surface area contributed by atoms with Crippen LogP contribution in [0.3, 0.4) is 0 Å². The van der Waals surface area contributed by atoms with Crippen LogP contribution < -0.4 is 5.32 Å². The third-order valence-corrected chi connectivity index (χ3v) is 2.91. The maximum absolute atomic E-state index is 5.82. The van der Waals surface area contributed by atoms with Crippen LogP contribution in [0.25, 0.3) is 0 Å². The summed E-state index contributed by atoms with van der Waals surface area (Å²) in [6, 6.07) is 11.7. The van der Waals surface area contributed by atoms with Crippen LogP contribution in [-0.2, 0) is 17.9 Å². The van der Waals surface area contributed by atoms with E-state index in [1.165, 1.54) is 5.56 Å². The van der Waals surface area contributed by atoms with Crippen molar-refractivity contribution in [3.63, 3.8) is 0 Å². The quantitative estimate of drug-likeness (QED) is 0.790. The van der Waals surface area contributed by atoms with Gasteiger partial charge in [-0.15, -0.1) is 0 Å². The van der Waals surface area contributed by atoms with Gasteiger partial charge in [0.2, 0.25) is 0 Å². The molecule has 19 heavy (non-hydrogen) atoms. The van der Waals surface area contributed by atoms with E-state index in [9.17, 15) is 0 Å². The summed E-state index contributed by atoms with van der Waals surface area (Å²) in [5, 5.41) is 4.06. The average molecular weight is 277 g/mol. The minimum absolute atomic E-state index is 0.617. The normalized spacial score (nSPS) is 10.6. The molecular weight excluding hydrogens is 260 g/mol. The number of aromatic nitrogens is 1. The summed E-state index contributed by atoms with van der Waals surface area (Å²) in [4.78, 5) is 4.06. The molecule has 1 heterocycles. The van der Waals surface area contributed by atoms with Crippen molar-refractivity contribution in [2.24, 2.45) is 0 Å². The summed E-state index contributed by atoms with van der Waals surface area (Å²) < 4.78 is 5.58. The van der Waals surface area contributed by atoms with E-state index in [0.29, 0.717) is 13.2 Å². The lowest BCUT2D eigenvalue weighted by atomic mass is 10.2. The number of ether oxygens (including phenoxy) is 1. The fourth-order valence-electron chi connectivity index (χ4n) is 1.65. The molecule has 0 atom stereocenters. The Morgan fingerprint density at radius 3 is 2.68 bits per heavy atom. The Morgan fingerprint density at radius 2 is 1.95 bits per heavy atom. The average Bonchev–Trinajstić information content (AvgIpc) is 2.46. The van der Waals surface area contributed by atoms with Gasteiger partial charge in [-0.25, -0.2) is 0 Å². The van der Waals surface area contributed by atoms with Crippen LogP contribution in [0.4, 0.5) is 0 Å². The Hall–Kier alpha value is -1.42. The first-order chi connectivity index (χ1) is 9.34. The minimum atomic E-state index is 0.617. The van der Waals surface area contributed by atoms with E-state index in [1.54, 1.807) is 6.20 Å². The van der Waals surface area contributed by atoms with Crippen molar-refractivity contribution < 1.29 is 4.74 Å². The number of halogens is 1. The standard InChI is InChI=1S/C15H17ClN2O/c16-15-5-3-13(4-6-15)12-19-9-8-18-11-14-2-1-7-17-10-14/h1-7,10,18H,8-9,11-12H2. The van der Waals surface area contributed by atoms with Crippen molar-refractivity contribution in [3.8, 4) is 0 Å². The van der Waals surface area contributed by atoms with Gasteiger partial charge >= 0.3 is 0 Å². The summed E-state index contributed by atoms with van der Waals surface area (Å²) in [5.41, 5.74) is 2.32. The van der Waals surface area contributed by atoms with Crippen molar-refractivity contribution in [2.75, 3.05) is 13.2 Å². The molecule has 0 amide bonds. The molecule has 0 aliphatic carbocycles. The van der Waals surface area contributed by atoms with Gasteiger partial charge in [0.15, 0.2) is 0 Å². The fourth-order valence-corrected chi connectivity index (χ4v) is 1.78. The third kappa shape index (κ3) is 5.39. The van der Waals surface area contributed by atoms with Crippen molar-refractivity contribution in [1.29, 1.82) is 0 Å². The minimum Gasteiger partial charge on any atom is -0.375 e. The van der Waals surface area contributed by atoms with Gasteiger partial charge < -0.3 is 10.1 Å². The summed E-state index contributed by atoms with van der Waals surface area (Å²) in [5.74, 6) is 0. The number of benzene rings is 1. The first kappa shape index (κ1) is 14.0. The summed E-state index contributed by atoms with van der Waals surface area (Å²) in [7, 11) is 0. The van der Waals surface area contributed by atoms with E-state index < -0.39 is 0 Å². The van der Waals surface area contributed by atoms with Gasteiger partial charge in [0, 0.05) is 30.5 Å². The lowest BCUT2D eigenvalue weighted by molar-refractivity contribution is 0.122. The van der Waals surface area contributed by atoms with E-state index >= 15 is 0 Å². The number of rotatable bonds is 7. The van der Waals surface area contributed by atoms with Crippen LogP contribution in [0, 0.1) is 0 Å². The second kappa shape index (κ2) is 7.89. The Bertz CT molecular complexity index is 473. The van der Waals surface area contributed by atoms with E-state index in [0.717, 1.165) is 23.7 Å². The molecule has 0 bridgehead atoms. The smallest absolute Gasteiger partial charge is 0.0717 e. The lowest BCUT2D eigenvalue weighted by Gasteiger charge is -2.06. The molecule has 1 aromatic heterocycles. The summed E-state index contributed by atoms with van der Waals surface area (Å²) >= 11 is 5.82. The molecule has 100 valence electrons. The Balaban J connectivity index is 1.56. The highest BCUT2D eigenvalue weighted by atomic mass is 35.5. The van der Waals surface area contributed by atoms with E-state index in [1.807, 2.05) is 36.5 Å². The molecule has 0 spiro atoms. The maximum Gasteiger partial charge on any atom is 0.0717 e. The predicted octanol–water partition coefficient (Wildman–Crippen LogP) is 3.04. The monoisotopic (exact) mass is 276 g/mol. The van der Waals surface area contributed by atoms with Crippen molar-refractivity contribution in [3.05, 3.63) is 64.9 Å². The molecule has 1 N–H and O–H groups in total. The highest BCUT2D eigenvalue weighted by Crippen LogP contribution is 2.09. The van der Waals surface area contributed by atoms with Crippen molar-refractivity contribution in [1.82, 2.24) is 10.3 Å². The number of pyridine rings is 1. The molecular formula is C15H17ClN2O. The largest absolute Gasteiger partial charge is 0.375 e. The third-order valence-electron chi connectivity index (χ3n) is 2.66. The number of nitrogens with zero attached hydrogens (tertiary/aromatic N) is 1. The topological polar surface area (TPSA) is 34.1 Å². The van der Waals surface area contributed by atoms with Crippen molar-refractivity contribution >= 4 is 11.6 Å². The first-order valence-corrected chi connectivity index (χ1v) is 6.64. The highest BCUT2D eigenvalue weighted by Gasteiger charge is 1.94. The molecule has 0 radical (unpaired) electrons. The molecule has 0 aliphatic rings. The van der Waals surface area contributed by atoms with Gasteiger partial charge in [-0.3, -0.25) is 4.98 Å². The molecule has 0 saturated carbocycles. The molecule has 4 heteroatoms. The number of hydrogen-bond acceptors (Lipinski definition) is 3. The molecule has 0 unspecified atom stereocenters. The zero-order valence-corrected chi connectivity index (χ0v) is 11.4. The van der Waals surface area contributed by atoms with Crippen LogP contribution in [0.15, 0.2) is 48.8 Å². The molecule has 2 aromatic rings. The second-order valence-corrected chi connectivity index (χ2v) is 4.65. The molecule has 0 saturated heterocycles. The Morgan fingerprint density at radius 1 is 1.11 bits per heavy atom. The lowest BCUT2D eigenvalue weighted by Crippen LogP contribution is -2.19. The van der Waals surface area contributed by atoms with Gasteiger partial charge in [0.1, 0.15) is 0 Å².